The van der Waals surface area contributed by atoms with Crippen LogP contribution in [0.5, 0.6) is 0 Å². The highest BCUT2D eigenvalue weighted by molar-refractivity contribution is 7.13. The van der Waals surface area contributed by atoms with Crippen LogP contribution in [0.1, 0.15) is 31.9 Å². The number of hydrogen-bond donors (Lipinski definition) is 1. The van der Waals surface area contributed by atoms with Crippen LogP contribution in [0.15, 0.2) is 5.38 Å². The van der Waals surface area contributed by atoms with Crippen LogP contribution in [-0.2, 0) is 16.0 Å². The predicted octanol–water partition coefficient (Wildman–Crippen LogP) is 2.39. The van der Waals surface area contributed by atoms with Crippen molar-refractivity contribution in [1.82, 2.24) is 9.88 Å². The van der Waals surface area contributed by atoms with Crippen LogP contribution in [0, 0.1) is 5.92 Å². The maximum Gasteiger partial charge on any atom is 0.306 e. The van der Waals surface area contributed by atoms with Crippen molar-refractivity contribution in [2.24, 2.45) is 5.92 Å². The fraction of sp³-hybridized carbons (Fsp3) is 0.733. The number of hydrogen-bond acceptors (Lipinski definition) is 6. The normalized spacial score (nSPS) is 19.4. The molecule has 0 radical (unpaired) electrons. The number of likely N-dealkylation sites (tertiary alicyclic amines) is 1. The lowest BCUT2D eigenvalue weighted by molar-refractivity contribution is -0.143. The van der Waals surface area contributed by atoms with Crippen LogP contribution in [0.3, 0.4) is 0 Å². The lowest BCUT2D eigenvalue weighted by atomic mass is 9.99. The molecule has 1 atom stereocenters. The van der Waals surface area contributed by atoms with Gasteiger partial charge in [0.2, 0.25) is 0 Å². The van der Waals surface area contributed by atoms with Crippen LogP contribution in [0.4, 0.5) is 5.13 Å². The zero-order chi connectivity index (χ0) is 15.1. The first kappa shape index (κ1) is 16.2. The van der Waals surface area contributed by atoms with Gasteiger partial charge in [-0.25, -0.2) is 4.98 Å². The van der Waals surface area contributed by atoms with Crippen molar-refractivity contribution in [2.75, 3.05) is 38.6 Å². The number of rotatable bonds is 7. The van der Waals surface area contributed by atoms with E-state index >= 15 is 0 Å². The molecule has 0 aliphatic carbocycles. The number of carbonyl (C=O) groups is 1. The fourth-order valence-electron chi connectivity index (χ4n) is 2.64. The van der Waals surface area contributed by atoms with Crippen LogP contribution >= 0.6 is 11.3 Å². The van der Waals surface area contributed by atoms with Gasteiger partial charge in [0.25, 0.3) is 0 Å². The number of ether oxygens (including phenoxy) is 1. The molecule has 0 aromatic carbocycles. The number of piperidine rings is 1. The summed E-state index contributed by atoms with van der Waals surface area (Å²) in [6.45, 7) is 5.62. The van der Waals surface area contributed by atoms with Crippen molar-refractivity contribution in [3.8, 4) is 0 Å². The second kappa shape index (κ2) is 8.34. The molecule has 1 aromatic heterocycles. The highest BCUT2D eigenvalue weighted by Crippen LogP contribution is 2.20. The van der Waals surface area contributed by atoms with E-state index in [0.717, 1.165) is 23.9 Å². The Hall–Kier alpha value is -1.14. The summed E-state index contributed by atoms with van der Waals surface area (Å²) < 4.78 is 4.92. The van der Waals surface area contributed by atoms with Crippen molar-refractivity contribution in [2.45, 2.75) is 32.6 Å². The Bertz CT molecular complexity index is 450. The lowest BCUT2D eigenvalue weighted by Crippen LogP contribution is -2.35. The molecule has 21 heavy (non-hydrogen) atoms. The van der Waals surface area contributed by atoms with Gasteiger partial charge in [-0.3, -0.25) is 4.79 Å². The Morgan fingerprint density at radius 3 is 3.24 bits per heavy atom. The lowest BCUT2D eigenvalue weighted by Gasteiger charge is -2.29. The van der Waals surface area contributed by atoms with E-state index in [1.165, 1.54) is 19.4 Å². The van der Waals surface area contributed by atoms with Crippen LogP contribution in [-0.4, -0.2) is 49.1 Å². The molecule has 1 N–H and O–H groups in total. The highest BCUT2D eigenvalue weighted by atomic mass is 32.1. The Balaban J connectivity index is 1.71. The number of nitrogens with one attached hydrogen (secondary N) is 1. The Morgan fingerprint density at radius 2 is 2.48 bits per heavy atom. The summed E-state index contributed by atoms with van der Waals surface area (Å²) in [4.78, 5) is 18.2. The number of carbonyl (C=O) groups excluding carboxylic acids is 1. The molecule has 0 spiro atoms. The van der Waals surface area contributed by atoms with Crippen molar-refractivity contribution in [3.63, 3.8) is 0 Å². The smallest absolute Gasteiger partial charge is 0.306 e. The van der Waals surface area contributed by atoms with Crippen LogP contribution in [0.2, 0.25) is 0 Å². The van der Waals surface area contributed by atoms with Crippen LogP contribution in [0.25, 0.3) is 0 Å². The quantitative estimate of drug-likeness (QED) is 0.784. The average Bonchev–Trinajstić information content (AvgIpc) is 2.91. The molecular formula is C15H25N3O2S. The van der Waals surface area contributed by atoms with E-state index in [1.54, 1.807) is 11.3 Å². The maximum absolute atomic E-state index is 11.3. The van der Waals surface area contributed by atoms with Gasteiger partial charge >= 0.3 is 5.97 Å². The van der Waals surface area contributed by atoms with Crippen LogP contribution < -0.4 is 5.32 Å². The zero-order valence-corrected chi connectivity index (χ0v) is 13.7. The predicted molar refractivity (Wildman–Crippen MR) is 85.8 cm³/mol. The number of aryl methyl sites for hydroxylation is 1. The Labute approximate surface area is 130 Å². The molecule has 1 aliphatic heterocycles. The largest absolute Gasteiger partial charge is 0.466 e. The molecule has 1 saturated heterocycles. The number of anilines is 1. The molecular weight excluding hydrogens is 286 g/mol. The van der Waals surface area contributed by atoms with E-state index in [1.807, 2.05) is 12.3 Å². The third-order valence-electron chi connectivity index (χ3n) is 3.71. The molecule has 1 aliphatic rings. The van der Waals surface area contributed by atoms with Crippen molar-refractivity contribution < 1.29 is 9.53 Å². The van der Waals surface area contributed by atoms with Gasteiger partial charge in [-0.1, -0.05) is 0 Å². The minimum Gasteiger partial charge on any atom is -0.466 e. The third kappa shape index (κ3) is 5.63. The van der Waals surface area contributed by atoms with Gasteiger partial charge in [-0.15, -0.1) is 11.3 Å². The van der Waals surface area contributed by atoms with Crippen molar-refractivity contribution in [3.05, 3.63) is 11.1 Å². The number of thiazole rings is 1. The van der Waals surface area contributed by atoms with E-state index in [9.17, 15) is 4.79 Å². The van der Waals surface area contributed by atoms with Gasteiger partial charge in [-0.2, -0.15) is 0 Å². The molecule has 6 heteroatoms. The van der Waals surface area contributed by atoms with Gasteiger partial charge in [0.15, 0.2) is 5.13 Å². The summed E-state index contributed by atoms with van der Waals surface area (Å²) in [5.74, 6) is 0.556. The summed E-state index contributed by atoms with van der Waals surface area (Å²) in [5.41, 5.74) is 0.969. The molecule has 2 heterocycles. The van der Waals surface area contributed by atoms with Gasteiger partial charge in [0.1, 0.15) is 0 Å². The fourth-order valence-corrected chi connectivity index (χ4v) is 3.39. The molecule has 1 aromatic rings. The van der Waals surface area contributed by atoms with Gasteiger partial charge in [0.05, 0.1) is 18.7 Å². The number of esters is 1. The second-order valence-electron chi connectivity index (χ2n) is 5.60. The first-order valence-electron chi connectivity index (χ1n) is 7.69. The average molecular weight is 311 g/mol. The third-order valence-corrected chi connectivity index (χ3v) is 4.56. The van der Waals surface area contributed by atoms with E-state index < -0.39 is 0 Å². The number of nitrogens with zero attached hydrogens (tertiary/aromatic N) is 2. The van der Waals surface area contributed by atoms with Gasteiger partial charge in [0, 0.05) is 24.9 Å². The molecule has 1 unspecified atom stereocenters. The van der Waals surface area contributed by atoms with E-state index in [2.05, 4.69) is 22.2 Å². The molecule has 0 amide bonds. The maximum atomic E-state index is 11.3. The standard InChI is InChI=1S/C15H25N3O2S/c1-3-20-14(19)7-6-13-11-21-15(17-13)16-9-12-5-4-8-18(2)10-12/h11-12H,3-10H2,1-2H3,(H,16,17). The Morgan fingerprint density at radius 1 is 1.62 bits per heavy atom. The second-order valence-corrected chi connectivity index (χ2v) is 6.46. The zero-order valence-electron chi connectivity index (χ0n) is 12.9. The minimum atomic E-state index is -0.148. The first-order chi connectivity index (χ1) is 10.2. The van der Waals surface area contributed by atoms with E-state index in [0.29, 0.717) is 25.4 Å². The van der Waals surface area contributed by atoms with Crippen molar-refractivity contribution in [1.29, 1.82) is 0 Å². The van der Waals surface area contributed by atoms with E-state index in [4.69, 9.17) is 4.74 Å². The van der Waals surface area contributed by atoms with Gasteiger partial charge < -0.3 is 15.0 Å². The van der Waals surface area contributed by atoms with E-state index in [-0.39, 0.29) is 5.97 Å². The topological polar surface area (TPSA) is 54.5 Å². The molecule has 1 fully saturated rings. The summed E-state index contributed by atoms with van der Waals surface area (Å²) >= 11 is 1.62. The molecule has 118 valence electrons. The van der Waals surface area contributed by atoms with Crippen molar-refractivity contribution >= 4 is 22.4 Å². The molecule has 2 rings (SSSR count). The molecule has 5 nitrogen and oxygen atoms in total. The molecule has 0 bridgehead atoms. The number of aromatic nitrogens is 1. The minimum absolute atomic E-state index is 0.148. The monoisotopic (exact) mass is 311 g/mol. The summed E-state index contributed by atoms with van der Waals surface area (Å²) in [6, 6.07) is 0. The summed E-state index contributed by atoms with van der Waals surface area (Å²) in [6.07, 6.45) is 3.64. The highest BCUT2D eigenvalue weighted by Gasteiger charge is 2.17. The summed E-state index contributed by atoms with van der Waals surface area (Å²) in [5, 5.41) is 6.42. The summed E-state index contributed by atoms with van der Waals surface area (Å²) in [7, 11) is 2.18. The Kier molecular flexibility index (Phi) is 6.45. The molecule has 0 saturated carbocycles. The van der Waals surface area contributed by atoms with Gasteiger partial charge in [-0.05, 0) is 39.3 Å². The SMILES string of the molecule is CCOC(=O)CCc1csc(NCC2CCCN(C)C2)n1. The first-order valence-corrected chi connectivity index (χ1v) is 8.57.